The molecule has 0 saturated carbocycles. The van der Waals surface area contributed by atoms with E-state index in [1.165, 1.54) is 122 Å². The molecule has 298 valence electrons. The molecule has 0 aliphatic rings. The van der Waals surface area contributed by atoms with Crippen molar-refractivity contribution in [1.82, 2.24) is 0 Å². The van der Waals surface area contributed by atoms with Gasteiger partial charge in [0.15, 0.2) is 0 Å². The normalized spacial score (nSPS) is 14.3. The van der Waals surface area contributed by atoms with Crippen LogP contribution in [0.1, 0.15) is 194 Å². The van der Waals surface area contributed by atoms with Crippen molar-refractivity contribution in [1.29, 1.82) is 0 Å². The number of unbranched alkanes of at least 4 members (excludes halogenated alkanes) is 24. The summed E-state index contributed by atoms with van der Waals surface area (Å²) in [5.41, 5.74) is 0. The van der Waals surface area contributed by atoms with Gasteiger partial charge in [-0.1, -0.05) is 161 Å². The first kappa shape index (κ1) is 49.2. The second-order valence-electron chi connectivity index (χ2n) is 14.0. The van der Waals surface area contributed by atoms with Crippen LogP contribution in [0.15, 0.2) is 12.2 Å². The van der Waals surface area contributed by atoms with E-state index >= 15 is 0 Å². The molecule has 3 N–H and O–H groups in total. The van der Waals surface area contributed by atoms with E-state index in [2.05, 4.69) is 26.0 Å². The van der Waals surface area contributed by atoms with E-state index < -0.39 is 33.2 Å². The number of allylic oxidation sites excluding steroid dienone is 2. The number of carbonyl (C=O) groups excluding carboxylic acids is 1. The molecule has 0 spiro atoms. The highest BCUT2D eigenvalue weighted by Gasteiger charge is 2.26. The van der Waals surface area contributed by atoms with E-state index in [0.29, 0.717) is 6.61 Å². The maximum Gasteiger partial charge on any atom is 0.472 e. The average molecular weight is 735 g/mol. The third-order valence-electron chi connectivity index (χ3n) is 8.95. The number of ether oxygens (including phenoxy) is 2. The number of aliphatic hydroxyl groups is 2. The van der Waals surface area contributed by atoms with E-state index in [0.717, 1.165) is 51.4 Å². The molecule has 50 heavy (non-hydrogen) atoms. The van der Waals surface area contributed by atoms with Crippen molar-refractivity contribution in [2.75, 3.05) is 33.0 Å². The van der Waals surface area contributed by atoms with E-state index in [4.69, 9.17) is 23.6 Å². The van der Waals surface area contributed by atoms with Crippen LogP contribution in [-0.4, -0.2) is 66.3 Å². The third-order valence-corrected chi connectivity index (χ3v) is 9.90. The van der Waals surface area contributed by atoms with Crippen molar-refractivity contribution in [3.8, 4) is 0 Å². The van der Waals surface area contributed by atoms with Gasteiger partial charge in [0, 0.05) is 13.0 Å². The zero-order valence-electron chi connectivity index (χ0n) is 32.4. The fourth-order valence-corrected chi connectivity index (χ4v) is 6.55. The molecule has 0 aliphatic carbocycles. The molecular weight excluding hydrogens is 655 g/mol. The van der Waals surface area contributed by atoms with Gasteiger partial charge >= 0.3 is 13.8 Å². The summed E-state index contributed by atoms with van der Waals surface area (Å²) in [6.07, 6.45) is 35.9. The lowest BCUT2D eigenvalue weighted by molar-refractivity contribution is -0.154. The number of esters is 1. The molecule has 0 rings (SSSR count). The standard InChI is InChI=1S/C40H79O9P/c1-3-5-7-9-11-13-15-17-19-21-23-25-27-29-31-33-46-36-39(37-48-50(44,45)47-35-38(42)34-41)49-40(43)32-30-28-26-24-22-20-18-16-14-12-10-8-6-4-2/h16,18,38-39,41-42H,3-15,17,19-37H2,1-2H3,(H,44,45)/b18-16-. The summed E-state index contributed by atoms with van der Waals surface area (Å²) < 4.78 is 33.3. The van der Waals surface area contributed by atoms with Gasteiger partial charge in [-0.25, -0.2) is 4.57 Å². The Kier molecular flexibility index (Phi) is 37.3. The Bertz CT molecular complexity index is 795. The summed E-state index contributed by atoms with van der Waals surface area (Å²) in [5.74, 6) is -0.388. The Morgan fingerprint density at radius 2 is 1.02 bits per heavy atom. The first-order chi connectivity index (χ1) is 24.3. The van der Waals surface area contributed by atoms with Crippen molar-refractivity contribution < 1.29 is 43.0 Å². The van der Waals surface area contributed by atoms with Crippen LogP contribution >= 0.6 is 7.82 Å². The van der Waals surface area contributed by atoms with Gasteiger partial charge in [-0.15, -0.1) is 0 Å². The molecule has 0 aromatic carbocycles. The van der Waals surface area contributed by atoms with Crippen LogP contribution < -0.4 is 0 Å². The van der Waals surface area contributed by atoms with Crippen LogP contribution in [0.25, 0.3) is 0 Å². The summed E-state index contributed by atoms with van der Waals surface area (Å²) in [7, 11) is -4.51. The van der Waals surface area contributed by atoms with E-state index in [1.54, 1.807) is 0 Å². The number of hydrogen-bond acceptors (Lipinski definition) is 8. The van der Waals surface area contributed by atoms with Crippen LogP contribution in [0.4, 0.5) is 0 Å². The van der Waals surface area contributed by atoms with Crippen LogP contribution in [0, 0.1) is 0 Å². The van der Waals surface area contributed by atoms with Gasteiger partial charge in [-0.3, -0.25) is 13.8 Å². The number of hydrogen-bond donors (Lipinski definition) is 3. The average Bonchev–Trinajstić information content (AvgIpc) is 3.10. The lowest BCUT2D eigenvalue weighted by Crippen LogP contribution is -2.29. The van der Waals surface area contributed by atoms with Gasteiger partial charge in [-0.05, 0) is 38.5 Å². The first-order valence-electron chi connectivity index (χ1n) is 20.7. The molecule has 3 unspecified atom stereocenters. The lowest BCUT2D eigenvalue weighted by atomic mass is 10.0. The summed E-state index contributed by atoms with van der Waals surface area (Å²) in [4.78, 5) is 22.5. The molecule has 0 bridgehead atoms. The summed E-state index contributed by atoms with van der Waals surface area (Å²) >= 11 is 0. The fourth-order valence-electron chi connectivity index (χ4n) is 5.76. The summed E-state index contributed by atoms with van der Waals surface area (Å²) in [6, 6.07) is 0. The largest absolute Gasteiger partial charge is 0.472 e. The van der Waals surface area contributed by atoms with Gasteiger partial charge in [0.05, 0.1) is 26.4 Å². The summed E-state index contributed by atoms with van der Waals surface area (Å²) in [6.45, 7) is 3.53. The molecular formula is C40H79O9P. The molecule has 0 amide bonds. The maximum absolute atomic E-state index is 12.6. The Balaban J connectivity index is 4.18. The first-order valence-corrected chi connectivity index (χ1v) is 22.2. The van der Waals surface area contributed by atoms with E-state index in [9.17, 15) is 19.4 Å². The van der Waals surface area contributed by atoms with Crippen molar-refractivity contribution in [3.63, 3.8) is 0 Å². The monoisotopic (exact) mass is 735 g/mol. The second kappa shape index (κ2) is 37.9. The topological polar surface area (TPSA) is 132 Å². The van der Waals surface area contributed by atoms with Gasteiger partial charge in [0.25, 0.3) is 0 Å². The Morgan fingerprint density at radius 1 is 0.600 bits per heavy atom. The minimum atomic E-state index is -4.51. The highest BCUT2D eigenvalue weighted by atomic mass is 31.2. The van der Waals surface area contributed by atoms with Crippen LogP contribution in [0.2, 0.25) is 0 Å². The van der Waals surface area contributed by atoms with Crippen LogP contribution in [-0.2, 0) is 27.9 Å². The number of phosphoric ester groups is 1. The van der Waals surface area contributed by atoms with E-state index in [1.807, 2.05) is 0 Å². The highest BCUT2D eigenvalue weighted by Crippen LogP contribution is 2.43. The SMILES string of the molecule is CCCCCCC/C=C\CCCCCCCC(=O)OC(COCCCCCCCCCCCCCCCCC)COP(=O)(O)OCC(O)CO. The molecule has 0 aromatic rings. The van der Waals surface area contributed by atoms with Crippen LogP contribution in [0.5, 0.6) is 0 Å². The number of rotatable bonds is 40. The van der Waals surface area contributed by atoms with Crippen molar-refractivity contribution in [3.05, 3.63) is 12.2 Å². The Morgan fingerprint density at radius 3 is 1.50 bits per heavy atom. The molecule has 0 aromatic heterocycles. The van der Waals surface area contributed by atoms with Gasteiger partial charge in [0.1, 0.15) is 12.2 Å². The molecule has 0 radical (unpaired) electrons. The number of phosphoric acid groups is 1. The molecule has 0 heterocycles. The third kappa shape index (κ3) is 37.0. The van der Waals surface area contributed by atoms with Crippen molar-refractivity contribution in [2.45, 2.75) is 206 Å². The van der Waals surface area contributed by atoms with Gasteiger partial charge < -0.3 is 24.6 Å². The molecule has 10 heteroatoms. The Labute approximate surface area is 307 Å². The zero-order chi connectivity index (χ0) is 36.8. The fraction of sp³-hybridized carbons (Fsp3) is 0.925. The molecule has 3 atom stereocenters. The Hall–Kier alpha value is -0.800. The predicted molar refractivity (Wildman–Crippen MR) is 205 cm³/mol. The quantitative estimate of drug-likeness (QED) is 0.0243. The number of carbonyl (C=O) groups is 1. The van der Waals surface area contributed by atoms with Crippen molar-refractivity contribution in [2.24, 2.45) is 0 Å². The molecule has 0 saturated heterocycles. The zero-order valence-corrected chi connectivity index (χ0v) is 33.3. The highest BCUT2D eigenvalue weighted by molar-refractivity contribution is 7.47. The number of aliphatic hydroxyl groups excluding tert-OH is 2. The lowest BCUT2D eigenvalue weighted by Gasteiger charge is -2.20. The smallest absolute Gasteiger partial charge is 0.457 e. The van der Waals surface area contributed by atoms with Crippen LogP contribution in [0.3, 0.4) is 0 Å². The predicted octanol–water partition coefficient (Wildman–Crippen LogP) is 10.9. The van der Waals surface area contributed by atoms with E-state index in [-0.39, 0.29) is 25.6 Å². The van der Waals surface area contributed by atoms with Gasteiger partial charge in [0.2, 0.25) is 0 Å². The van der Waals surface area contributed by atoms with Gasteiger partial charge in [-0.2, -0.15) is 0 Å². The minimum Gasteiger partial charge on any atom is -0.457 e. The minimum absolute atomic E-state index is 0.0515. The second-order valence-corrected chi connectivity index (χ2v) is 15.5. The van der Waals surface area contributed by atoms with Crippen molar-refractivity contribution >= 4 is 13.8 Å². The summed E-state index contributed by atoms with van der Waals surface area (Å²) in [5, 5.41) is 18.3. The molecule has 0 aliphatic heterocycles. The molecule has 9 nitrogen and oxygen atoms in total. The maximum atomic E-state index is 12.6. The molecule has 0 fully saturated rings.